The molecule has 1 atom stereocenters. The standard InChI is InChI=1S/C24H28N2O3/c1-18-6-5-15-26(16-18)23(28)24(13-14-24)22(27)25-20-9-11-21(12-10-20)29-17-19-7-3-2-4-8-19/h2-4,7-12,18H,5-6,13-17H2,1H3,(H,25,27). The third-order valence-electron chi connectivity index (χ3n) is 5.90. The lowest BCUT2D eigenvalue weighted by Crippen LogP contribution is -2.46. The van der Waals surface area contributed by atoms with Gasteiger partial charge in [0.2, 0.25) is 11.8 Å². The Bertz CT molecular complexity index is 859. The van der Waals surface area contributed by atoms with Crippen LogP contribution in [0.15, 0.2) is 54.6 Å². The largest absolute Gasteiger partial charge is 0.489 e. The second-order valence-electron chi connectivity index (χ2n) is 8.33. The molecule has 2 fully saturated rings. The Labute approximate surface area is 172 Å². The van der Waals surface area contributed by atoms with Crippen LogP contribution in [0.3, 0.4) is 0 Å². The van der Waals surface area contributed by atoms with E-state index in [1.54, 1.807) is 0 Å². The summed E-state index contributed by atoms with van der Waals surface area (Å²) in [5.41, 5.74) is 0.929. The van der Waals surface area contributed by atoms with Gasteiger partial charge in [0.25, 0.3) is 0 Å². The van der Waals surface area contributed by atoms with Crippen molar-refractivity contribution >= 4 is 17.5 Å². The van der Waals surface area contributed by atoms with Crippen LogP contribution in [-0.2, 0) is 16.2 Å². The Morgan fingerprint density at radius 3 is 2.48 bits per heavy atom. The number of piperidine rings is 1. The van der Waals surface area contributed by atoms with Crippen molar-refractivity contribution in [3.05, 3.63) is 60.2 Å². The highest BCUT2D eigenvalue weighted by Gasteiger charge is 2.58. The van der Waals surface area contributed by atoms with Crippen molar-refractivity contribution in [3.8, 4) is 5.75 Å². The summed E-state index contributed by atoms with van der Waals surface area (Å²) in [6.07, 6.45) is 3.46. The molecule has 2 aromatic carbocycles. The van der Waals surface area contributed by atoms with Crippen LogP contribution in [0.5, 0.6) is 5.75 Å². The smallest absolute Gasteiger partial charge is 0.240 e. The number of nitrogens with zero attached hydrogens (tertiary/aromatic N) is 1. The second kappa shape index (κ2) is 8.27. The third-order valence-corrected chi connectivity index (χ3v) is 5.90. The number of anilines is 1. The average molecular weight is 392 g/mol. The van der Waals surface area contributed by atoms with Crippen LogP contribution in [0, 0.1) is 11.3 Å². The van der Waals surface area contributed by atoms with Crippen LogP contribution >= 0.6 is 0 Å². The minimum atomic E-state index is -0.862. The molecule has 2 amide bonds. The number of rotatable bonds is 6. The summed E-state index contributed by atoms with van der Waals surface area (Å²) in [7, 11) is 0. The van der Waals surface area contributed by atoms with Crippen LogP contribution < -0.4 is 10.1 Å². The number of ether oxygens (including phenoxy) is 1. The molecule has 29 heavy (non-hydrogen) atoms. The summed E-state index contributed by atoms with van der Waals surface area (Å²) in [6, 6.07) is 17.3. The van der Waals surface area contributed by atoms with Gasteiger partial charge < -0.3 is 15.0 Å². The highest BCUT2D eigenvalue weighted by atomic mass is 16.5. The number of hydrogen-bond donors (Lipinski definition) is 1. The molecule has 1 unspecified atom stereocenters. The topological polar surface area (TPSA) is 58.6 Å². The number of nitrogens with one attached hydrogen (secondary N) is 1. The Morgan fingerprint density at radius 1 is 1.10 bits per heavy atom. The molecule has 0 aromatic heterocycles. The van der Waals surface area contributed by atoms with Gasteiger partial charge in [-0.2, -0.15) is 0 Å². The van der Waals surface area contributed by atoms with Crippen molar-refractivity contribution < 1.29 is 14.3 Å². The Balaban J connectivity index is 1.34. The molecule has 152 valence electrons. The van der Waals surface area contributed by atoms with E-state index >= 15 is 0 Å². The van der Waals surface area contributed by atoms with Gasteiger partial charge in [0.15, 0.2) is 0 Å². The van der Waals surface area contributed by atoms with Gasteiger partial charge in [0.05, 0.1) is 0 Å². The summed E-state index contributed by atoms with van der Waals surface area (Å²) < 4.78 is 5.79. The van der Waals surface area contributed by atoms with Gasteiger partial charge in [-0.25, -0.2) is 0 Å². The fourth-order valence-electron chi connectivity index (χ4n) is 3.97. The highest BCUT2D eigenvalue weighted by molar-refractivity contribution is 6.13. The Hall–Kier alpha value is -2.82. The normalized spacial score (nSPS) is 20.0. The summed E-state index contributed by atoms with van der Waals surface area (Å²) in [5, 5.41) is 2.93. The summed E-state index contributed by atoms with van der Waals surface area (Å²) in [5.74, 6) is 1.07. The molecule has 2 aliphatic rings. The van der Waals surface area contributed by atoms with Crippen LogP contribution in [0.2, 0.25) is 0 Å². The second-order valence-corrected chi connectivity index (χ2v) is 8.33. The molecular formula is C24H28N2O3. The molecule has 1 saturated heterocycles. The summed E-state index contributed by atoms with van der Waals surface area (Å²) in [6.45, 7) is 4.20. The van der Waals surface area contributed by atoms with Gasteiger partial charge in [0.1, 0.15) is 17.8 Å². The Kier molecular flexibility index (Phi) is 5.56. The van der Waals surface area contributed by atoms with Gasteiger partial charge >= 0.3 is 0 Å². The molecule has 1 heterocycles. The number of hydrogen-bond acceptors (Lipinski definition) is 3. The molecule has 4 rings (SSSR count). The zero-order valence-electron chi connectivity index (χ0n) is 16.9. The van der Waals surface area contributed by atoms with E-state index in [0.717, 1.165) is 37.2 Å². The zero-order valence-corrected chi connectivity index (χ0v) is 16.9. The lowest BCUT2D eigenvalue weighted by Gasteiger charge is -2.33. The van der Waals surface area contributed by atoms with Crippen molar-refractivity contribution in [2.24, 2.45) is 11.3 Å². The van der Waals surface area contributed by atoms with Gasteiger partial charge in [-0.15, -0.1) is 0 Å². The molecule has 1 aliphatic carbocycles. The van der Waals surface area contributed by atoms with Crippen LogP contribution in [0.4, 0.5) is 5.69 Å². The summed E-state index contributed by atoms with van der Waals surface area (Å²) >= 11 is 0. The molecule has 2 aromatic rings. The predicted molar refractivity (Wildman–Crippen MR) is 112 cm³/mol. The zero-order chi connectivity index (χ0) is 20.3. The van der Waals surface area contributed by atoms with Crippen molar-refractivity contribution in [1.82, 2.24) is 4.90 Å². The third kappa shape index (κ3) is 4.44. The Morgan fingerprint density at radius 2 is 1.83 bits per heavy atom. The monoisotopic (exact) mass is 392 g/mol. The number of benzene rings is 2. The molecule has 5 nitrogen and oxygen atoms in total. The van der Waals surface area contributed by atoms with E-state index < -0.39 is 5.41 Å². The highest BCUT2D eigenvalue weighted by Crippen LogP contribution is 2.48. The lowest BCUT2D eigenvalue weighted by atomic mass is 9.96. The molecule has 0 spiro atoms. The molecule has 0 radical (unpaired) electrons. The van der Waals surface area contributed by atoms with E-state index in [-0.39, 0.29) is 11.8 Å². The first-order chi connectivity index (χ1) is 14.1. The minimum Gasteiger partial charge on any atom is -0.489 e. The van der Waals surface area contributed by atoms with Gasteiger partial charge in [0, 0.05) is 18.8 Å². The van der Waals surface area contributed by atoms with Crippen molar-refractivity contribution in [1.29, 1.82) is 0 Å². The van der Waals surface area contributed by atoms with E-state index in [9.17, 15) is 9.59 Å². The molecule has 0 bridgehead atoms. The van der Waals surface area contributed by atoms with Crippen molar-refractivity contribution in [3.63, 3.8) is 0 Å². The number of carbonyl (C=O) groups is 2. The lowest BCUT2D eigenvalue weighted by molar-refractivity contribution is -0.143. The molecule has 1 N–H and O–H groups in total. The van der Waals surface area contributed by atoms with Crippen LogP contribution in [0.1, 0.15) is 38.2 Å². The van der Waals surface area contributed by atoms with Crippen LogP contribution in [-0.4, -0.2) is 29.8 Å². The van der Waals surface area contributed by atoms with Crippen molar-refractivity contribution in [2.45, 2.75) is 39.2 Å². The average Bonchev–Trinajstić information content (AvgIpc) is 3.56. The first-order valence-electron chi connectivity index (χ1n) is 10.4. The maximum Gasteiger partial charge on any atom is 0.240 e. The maximum atomic E-state index is 13.0. The number of amides is 2. The van der Waals surface area contributed by atoms with E-state index in [1.165, 1.54) is 0 Å². The van der Waals surface area contributed by atoms with E-state index in [1.807, 2.05) is 59.5 Å². The maximum absolute atomic E-state index is 13.0. The SMILES string of the molecule is CC1CCCN(C(=O)C2(C(=O)Nc3ccc(OCc4ccccc4)cc3)CC2)C1. The predicted octanol–water partition coefficient (Wildman–Crippen LogP) is 4.24. The first kappa shape index (κ1) is 19.5. The number of likely N-dealkylation sites (tertiary alicyclic amines) is 1. The fraction of sp³-hybridized carbons (Fsp3) is 0.417. The van der Waals surface area contributed by atoms with Gasteiger partial charge in [-0.3, -0.25) is 9.59 Å². The van der Waals surface area contributed by atoms with E-state index in [4.69, 9.17) is 4.74 Å². The minimum absolute atomic E-state index is 0.00404. The molecular weight excluding hydrogens is 364 g/mol. The van der Waals surface area contributed by atoms with Crippen molar-refractivity contribution in [2.75, 3.05) is 18.4 Å². The molecule has 1 aliphatic heterocycles. The van der Waals surface area contributed by atoms with Crippen LogP contribution in [0.25, 0.3) is 0 Å². The number of carbonyl (C=O) groups excluding carboxylic acids is 2. The first-order valence-corrected chi connectivity index (χ1v) is 10.4. The van der Waals surface area contributed by atoms with Gasteiger partial charge in [-0.05, 0) is 61.4 Å². The quantitative estimate of drug-likeness (QED) is 0.748. The molecule has 5 heteroatoms. The van der Waals surface area contributed by atoms with E-state index in [0.29, 0.717) is 31.1 Å². The van der Waals surface area contributed by atoms with E-state index in [2.05, 4.69) is 12.2 Å². The fourth-order valence-corrected chi connectivity index (χ4v) is 3.97. The van der Waals surface area contributed by atoms with Gasteiger partial charge in [-0.1, -0.05) is 37.3 Å². The molecule has 1 saturated carbocycles. The summed E-state index contributed by atoms with van der Waals surface area (Å²) in [4.78, 5) is 27.7.